The van der Waals surface area contributed by atoms with Gasteiger partial charge in [-0.2, -0.15) is 4.68 Å². The van der Waals surface area contributed by atoms with Crippen molar-refractivity contribution in [2.45, 2.75) is 40.7 Å². The maximum absolute atomic E-state index is 13.6. The summed E-state index contributed by atoms with van der Waals surface area (Å²) in [6.45, 7) is 10.7. The lowest BCUT2D eigenvalue weighted by Gasteiger charge is -2.28. The van der Waals surface area contributed by atoms with Crippen molar-refractivity contribution >= 4 is 17.5 Å². The average Bonchev–Trinajstić information content (AvgIpc) is 3.24. The zero-order chi connectivity index (χ0) is 23.5. The SMILES string of the molecule is CCOc1ccc(C2C(C(=O)Nc3ccc(C)cc3C)=C(C)Nc3nnnn32)cc1OCC. The first-order valence-electron chi connectivity index (χ1n) is 11.0. The molecule has 0 bridgehead atoms. The highest BCUT2D eigenvalue weighted by Gasteiger charge is 2.34. The highest BCUT2D eigenvalue weighted by Crippen LogP contribution is 2.39. The summed E-state index contributed by atoms with van der Waals surface area (Å²) in [5.74, 6) is 1.49. The molecule has 3 aromatic rings. The van der Waals surface area contributed by atoms with Crippen LogP contribution in [0.4, 0.5) is 11.6 Å². The van der Waals surface area contributed by atoms with E-state index in [1.54, 1.807) is 4.68 Å². The Kier molecular flexibility index (Phi) is 6.30. The van der Waals surface area contributed by atoms with Gasteiger partial charge in [0.05, 0.1) is 18.8 Å². The Balaban J connectivity index is 1.77. The van der Waals surface area contributed by atoms with Crippen LogP contribution in [0.25, 0.3) is 0 Å². The summed E-state index contributed by atoms with van der Waals surface area (Å²) in [6, 6.07) is 11.0. The van der Waals surface area contributed by atoms with Gasteiger partial charge in [0.15, 0.2) is 11.5 Å². The summed E-state index contributed by atoms with van der Waals surface area (Å²) in [6.07, 6.45) is 0. The molecule has 0 spiro atoms. The van der Waals surface area contributed by atoms with E-state index in [0.29, 0.717) is 41.9 Å². The van der Waals surface area contributed by atoms with Crippen LogP contribution >= 0.6 is 0 Å². The first kappa shape index (κ1) is 22.3. The zero-order valence-electron chi connectivity index (χ0n) is 19.5. The van der Waals surface area contributed by atoms with E-state index in [9.17, 15) is 4.79 Å². The lowest BCUT2D eigenvalue weighted by Crippen LogP contribution is -2.31. The molecule has 9 heteroatoms. The van der Waals surface area contributed by atoms with Crippen molar-refractivity contribution in [1.82, 2.24) is 20.2 Å². The highest BCUT2D eigenvalue weighted by molar-refractivity contribution is 6.06. The Hall–Kier alpha value is -3.88. The van der Waals surface area contributed by atoms with E-state index in [1.807, 2.05) is 71.0 Å². The lowest BCUT2D eigenvalue weighted by molar-refractivity contribution is -0.113. The number of carbonyl (C=O) groups excluding carboxylic acids is 1. The fourth-order valence-corrected chi connectivity index (χ4v) is 4.00. The van der Waals surface area contributed by atoms with Gasteiger partial charge < -0.3 is 20.1 Å². The van der Waals surface area contributed by atoms with E-state index in [0.717, 1.165) is 22.4 Å². The minimum absolute atomic E-state index is 0.232. The summed E-state index contributed by atoms with van der Waals surface area (Å²) in [5, 5.41) is 18.2. The van der Waals surface area contributed by atoms with Crippen LogP contribution in [0.1, 0.15) is 43.5 Å². The molecule has 0 fully saturated rings. The van der Waals surface area contributed by atoms with E-state index in [4.69, 9.17) is 9.47 Å². The number of aryl methyl sites for hydroxylation is 2. The average molecular weight is 449 g/mol. The van der Waals surface area contributed by atoms with Crippen LogP contribution in [0.2, 0.25) is 0 Å². The monoisotopic (exact) mass is 448 g/mol. The molecule has 1 aliphatic rings. The third-order valence-electron chi connectivity index (χ3n) is 5.47. The molecule has 2 N–H and O–H groups in total. The largest absolute Gasteiger partial charge is 0.490 e. The second-order valence-electron chi connectivity index (χ2n) is 7.86. The van der Waals surface area contributed by atoms with E-state index in [2.05, 4.69) is 26.2 Å². The molecule has 9 nitrogen and oxygen atoms in total. The molecule has 1 amide bonds. The molecule has 1 aliphatic heterocycles. The molecular weight excluding hydrogens is 420 g/mol. The number of rotatable bonds is 7. The standard InChI is InChI=1S/C24H28N6O3/c1-6-32-19-11-9-17(13-20(19)33-7-2)22-21(16(5)25-24-27-28-29-30(22)24)23(31)26-18-10-8-14(3)12-15(18)4/h8-13,22H,6-7H2,1-5H3,(H,26,31)(H,25,27,29). The summed E-state index contributed by atoms with van der Waals surface area (Å²) in [5.41, 5.74) is 4.88. The van der Waals surface area contributed by atoms with Crippen LogP contribution in [-0.4, -0.2) is 39.3 Å². The number of benzene rings is 2. The van der Waals surface area contributed by atoms with E-state index < -0.39 is 6.04 Å². The van der Waals surface area contributed by atoms with Gasteiger partial charge in [-0.25, -0.2) is 0 Å². The van der Waals surface area contributed by atoms with Crippen molar-refractivity contribution in [2.75, 3.05) is 23.8 Å². The Morgan fingerprint density at radius 1 is 1.06 bits per heavy atom. The summed E-state index contributed by atoms with van der Waals surface area (Å²) in [4.78, 5) is 13.6. The number of allylic oxidation sites excluding steroid dienone is 1. The third kappa shape index (κ3) is 4.39. The maximum atomic E-state index is 13.6. The van der Waals surface area contributed by atoms with Gasteiger partial charge >= 0.3 is 0 Å². The first-order valence-corrected chi connectivity index (χ1v) is 11.0. The summed E-state index contributed by atoms with van der Waals surface area (Å²) >= 11 is 0. The summed E-state index contributed by atoms with van der Waals surface area (Å²) < 4.78 is 13.1. The Morgan fingerprint density at radius 3 is 2.55 bits per heavy atom. The van der Waals surface area contributed by atoms with Crippen LogP contribution in [-0.2, 0) is 4.79 Å². The number of amides is 1. The predicted octanol–water partition coefficient (Wildman–Crippen LogP) is 4.01. The molecule has 2 aromatic carbocycles. The minimum Gasteiger partial charge on any atom is -0.490 e. The number of tetrazole rings is 1. The second kappa shape index (κ2) is 9.32. The number of fused-ring (bicyclic) bond motifs is 1. The van der Waals surface area contributed by atoms with Gasteiger partial charge in [-0.3, -0.25) is 4.79 Å². The lowest BCUT2D eigenvalue weighted by atomic mass is 9.94. The van der Waals surface area contributed by atoms with Crippen LogP contribution in [0.3, 0.4) is 0 Å². The number of hydrogen-bond acceptors (Lipinski definition) is 7. The third-order valence-corrected chi connectivity index (χ3v) is 5.47. The van der Waals surface area contributed by atoms with Gasteiger partial charge in [0.25, 0.3) is 5.91 Å². The molecule has 0 saturated carbocycles. The molecule has 1 unspecified atom stereocenters. The zero-order valence-corrected chi connectivity index (χ0v) is 19.5. The van der Waals surface area contributed by atoms with Crippen molar-refractivity contribution in [3.8, 4) is 11.5 Å². The number of nitrogens with zero attached hydrogens (tertiary/aromatic N) is 4. The molecule has 1 aromatic heterocycles. The molecule has 0 aliphatic carbocycles. The van der Waals surface area contributed by atoms with Gasteiger partial charge in [0.2, 0.25) is 5.95 Å². The number of ether oxygens (including phenoxy) is 2. The maximum Gasteiger partial charge on any atom is 0.255 e. The van der Waals surface area contributed by atoms with Crippen molar-refractivity contribution in [1.29, 1.82) is 0 Å². The fraction of sp³-hybridized carbons (Fsp3) is 0.333. The van der Waals surface area contributed by atoms with Crippen LogP contribution < -0.4 is 20.1 Å². The molecular formula is C24H28N6O3. The smallest absolute Gasteiger partial charge is 0.255 e. The number of anilines is 2. The van der Waals surface area contributed by atoms with Crippen molar-refractivity contribution in [3.63, 3.8) is 0 Å². The van der Waals surface area contributed by atoms with Gasteiger partial charge in [0.1, 0.15) is 6.04 Å². The van der Waals surface area contributed by atoms with E-state index >= 15 is 0 Å². The number of nitrogens with one attached hydrogen (secondary N) is 2. The van der Waals surface area contributed by atoms with Crippen LogP contribution in [0, 0.1) is 13.8 Å². The molecule has 0 saturated heterocycles. The Bertz CT molecular complexity index is 1220. The van der Waals surface area contributed by atoms with E-state index in [-0.39, 0.29) is 5.91 Å². The molecule has 2 heterocycles. The molecule has 1 atom stereocenters. The predicted molar refractivity (Wildman–Crippen MR) is 126 cm³/mol. The Morgan fingerprint density at radius 2 is 1.82 bits per heavy atom. The fourth-order valence-electron chi connectivity index (χ4n) is 4.00. The quantitative estimate of drug-likeness (QED) is 0.563. The minimum atomic E-state index is -0.545. The van der Waals surface area contributed by atoms with Crippen LogP contribution in [0.5, 0.6) is 11.5 Å². The number of hydrogen-bond donors (Lipinski definition) is 2. The van der Waals surface area contributed by atoms with Gasteiger partial charge in [-0.15, -0.1) is 0 Å². The molecule has 0 radical (unpaired) electrons. The number of aromatic nitrogens is 4. The Labute approximate surface area is 192 Å². The normalized spacial score (nSPS) is 15.0. The van der Waals surface area contributed by atoms with Crippen molar-refractivity contribution < 1.29 is 14.3 Å². The molecule has 4 rings (SSSR count). The van der Waals surface area contributed by atoms with Gasteiger partial charge in [-0.1, -0.05) is 28.9 Å². The topological polar surface area (TPSA) is 103 Å². The van der Waals surface area contributed by atoms with Gasteiger partial charge in [0, 0.05) is 11.4 Å². The first-order chi connectivity index (χ1) is 15.9. The van der Waals surface area contributed by atoms with Gasteiger partial charge in [-0.05, 0) is 74.4 Å². The van der Waals surface area contributed by atoms with Crippen molar-refractivity contribution in [3.05, 3.63) is 64.4 Å². The molecule has 33 heavy (non-hydrogen) atoms. The number of carbonyl (C=O) groups is 1. The second-order valence-corrected chi connectivity index (χ2v) is 7.86. The van der Waals surface area contributed by atoms with E-state index in [1.165, 1.54) is 0 Å². The molecule has 172 valence electrons. The van der Waals surface area contributed by atoms with Crippen LogP contribution in [0.15, 0.2) is 47.7 Å². The van der Waals surface area contributed by atoms with Crippen molar-refractivity contribution in [2.24, 2.45) is 0 Å². The highest BCUT2D eigenvalue weighted by atomic mass is 16.5. The summed E-state index contributed by atoms with van der Waals surface area (Å²) in [7, 11) is 0.